The normalized spacial score (nSPS) is 18.1. The second-order valence-electron chi connectivity index (χ2n) is 11.8. The lowest BCUT2D eigenvalue weighted by atomic mass is 9.91. The van der Waals surface area contributed by atoms with Crippen molar-refractivity contribution in [2.45, 2.75) is 44.2 Å². The Hall–Kier alpha value is -2.61. The summed E-state index contributed by atoms with van der Waals surface area (Å²) in [5.41, 5.74) is 0.828. The largest absolute Gasteiger partial charge is 0.405 e. The maximum atomic E-state index is 13.9. The van der Waals surface area contributed by atoms with E-state index in [-0.39, 0.29) is 10.9 Å². The first-order valence-corrected chi connectivity index (χ1v) is 16.5. The van der Waals surface area contributed by atoms with Crippen molar-refractivity contribution in [3.05, 3.63) is 94.6 Å². The molecular weight excluding hydrogens is 557 g/mol. The third kappa shape index (κ3) is 5.24. The van der Waals surface area contributed by atoms with E-state index in [1.165, 1.54) is 10.4 Å². The van der Waals surface area contributed by atoms with E-state index < -0.39 is 13.9 Å². The highest BCUT2D eigenvalue weighted by atomic mass is 35.5. The minimum Gasteiger partial charge on any atom is -0.405 e. The number of carbonyl (C=O) groups excluding carboxylic acids is 1. The van der Waals surface area contributed by atoms with Crippen LogP contribution in [0.5, 0.6) is 0 Å². The molecule has 1 fully saturated rings. The van der Waals surface area contributed by atoms with Crippen LogP contribution >= 0.6 is 23.2 Å². The lowest BCUT2D eigenvalue weighted by molar-refractivity contribution is 0.0794. The van der Waals surface area contributed by atoms with Gasteiger partial charge in [-0.1, -0.05) is 105 Å². The van der Waals surface area contributed by atoms with Gasteiger partial charge in [0.1, 0.15) is 5.69 Å². The van der Waals surface area contributed by atoms with E-state index >= 15 is 0 Å². The van der Waals surface area contributed by atoms with Gasteiger partial charge in [-0.15, -0.1) is 0 Å². The van der Waals surface area contributed by atoms with Gasteiger partial charge in [-0.05, 0) is 53.0 Å². The SMILES string of the molecule is Cn1c(C(=O)NC2(CO[Si](c3ccccc3)(c3ccccc3)C(C)(C)C)CCCNC2)cc2c(Cl)c(Cl)ccc21. The second kappa shape index (κ2) is 11.3. The third-order valence-electron chi connectivity index (χ3n) is 8.18. The number of benzene rings is 3. The Bertz CT molecular complexity index is 1450. The van der Waals surface area contributed by atoms with Gasteiger partial charge in [0.15, 0.2) is 0 Å². The highest BCUT2D eigenvalue weighted by Gasteiger charge is 2.51. The van der Waals surface area contributed by atoms with E-state index in [1.807, 2.05) is 35.9 Å². The molecule has 5 nitrogen and oxygen atoms in total. The van der Waals surface area contributed by atoms with Crippen LogP contribution in [0.15, 0.2) is 78.9 Å². The minimum atomic E-state index is -2.78. The number of fused-ring (bicyclic) bond motifs is 1. The zero-order valence-electron chi connectivity index (χ0n) is 23.6. The van der Waals surface area contributed by atoms with E-state index in [0.717, 1.165) is 30.3 Å². The van der Waals surface area contributed by atoms with E-state index in [9.17, 15) is 4.79 Å². The van der Waals surface area contributed by atoms with Gasteiger partial charge in [0.25, 0.3) is 14.2 Å². The fourth-order valence-corrected chi connectivity index (χ4v) is 11.1. The Balaban J connectivity index is 1.52. The Morgan fingerprint density at radius 1 is 1.02 bits per heavy atom. The van der Waals surface area contributed by atoms with Gasteiger partial charge in [-0.3, -0.25) is 4.79 Å². The van der Waals surface area contributed by atoms with Crippen LogP contribution in [0.25, 0.3) is 10.9 Å². The monoisotopic (exact) mass is 593 g/mol. The van der Waals surface area contributed by atoms with Crippen LogP contribution < -0.4 is 21.0 Å². The lowest BCUT2D eigenvalue weighted by Crippen LogP contribution is -2.70. The molecule has 0 bridgehead atoms. The van der Waals surface area contributed by atoms with Crippen LogP contribution in [0.3, 0.4) is 0 Å². The first-order valence-electron chi connectivity index (χ1n) is 13.8. The topological polar surface area (TPSA) is 55.3 Å². The average Bonchev–Trinajstić information content (AvgIpc) is 3.29. The molecular formula is C32H37Cl2N3O2Si. The van der Waals surface area contributed by atoms with E-state index in [1.54, 1.807) is 6.07 Å². The van der Waals surface area contributed by atoms with Gasteiger partial charge in [0.2, 0.25) is 0 Å². The molecule has 0 spiro atoms. The van der Waals surface area contributed by atoms with E-state index in [2.05, 4.69) is 79.9 Å². The molecule has 1 aromatic heterocycles. The molecule has 1 saturated heterocycles. The molecule has 210 valence electrons. The summed E-state index contributed by atoms with van der Waals surface area (Å²) in [6.45, 7) is 8.76. The Morgan fingerprint density at radius 2 is 1.65 bits per heavy atom. The quantitative estimate of drug-likeness (QED) is 0.262. The lowest BCUT2D eigenvalue weighted by Gasteiger charge is -2.47. The van der Waals surface area contributed by atoms with E-state index in [0.29, 0.717) is 28.9 Å². The zero-order valence-corrected chi connectivity index (χ0v) is 26.1. The highest BCUT2D eigenvalue weighted by molar-refractivity contribution is 6.99. The molecule has 8 heteroatoms. The molecule has 0 radical (unpaired) electrons. The Kier molecular flexibility index (Phi) is 8.19. The summed E-state index contributed by atoms with van der Waals surface area (Å²) in [6, 6.07) is 26.7. The van der Waals surface area contributed by atoms with Crippen LogP contribution in [0, 0.1) is 0 Å². The van der Waals surface area contributed by atoms with Crippen molar-refractivity contribution in [1.82, 2.24) is 15.2 Å². The van der Waals surface area contributed by atoms with Gasteiger partial charge >= 0.3 is 0 Å². The van der Waals surface area contributed by atoms with Crippen LogP contribution in [-0.4, -0.2) is 44.0 Å². The molecule has 1 amide bonds. The maximum Gasteiger partial charge on any atom is 0.268 e. The van der Waals surface area contributed by atoms with Crippen LogP contribution in [0.4, 0.5) is 0 Å². The van der Waals surface area contributed by atoms with Gasteiger partial charge < -0.3 is 19.6 Å². The van der Waals surface area contributed by atoms with Crippen molar-refractivity contribution in [2.75, 3.05) is 19.7 Å². The van der Waals surface area contributed by atoms with Crippen molar-refractivity contribution in [2.24, 2.45) is 7.05 Å². The molecule has 4 aromatic rings. The smallest absolute Gasteiger partial charge is 0.268 e. The third-order valence-corrected chi connectivity index (χ3v) is 14.0. The number of piperidine rings is 1. The summed E-state index contributed by atoms with van der Waals surface area (Å²) < 4.78 is 9.18. The molecule has 1 aliphatic heterocycles. The van der Waals surface area contributed by atoms with Gasteiger partial charge in [0.05, 0.1) is 22.2 Å². The number of hydrogen-bond acceptors (Lipinski definition) is 3. The van der Waals surface area contributed by atoms with Crippen molar-refractivity contribution < 1.29 is 9.22 Å². The number of aryl methyl sites for hydroxylation is 1. The predicted molar refractivity (Wildman–Crippen MR) is 169 cm³/mol. The van der Waals surface area contributed by atoms with Gasteiger partial charge in [-0.2, -0.15) is 0 Å². The molecule has 40 heavy (non-hydrogen) atoms. The molecule has 2 heterocycles. The van der Waals surface area contributed by atoms with Crippen LogP contribution in [0.2, 0.25) is 15.1 Å². The van der Waals surface area contributed by atoms with E-state index in [4.69, 9.17) is 27.6 Å². The van der Waals surface area contributed by atoms with Crippen molar-refractivity contribution in [3.63, 3.8) is 0 Å². The second-order valence-corrected chi connectivity index (χ2v) is 16.9. The zero-order chi connectivity index (χ0) is 28.5. The van der Waals surface area contributed by atoms with Crippen LogP contribution in [0.1, 0.15) is 44.1 Å². The molecule has 0 aliphatic carbocycles. The number of nitrogens with one attached hydrogen (secondary N) is 2. The summed E-state index contributed by atoms with van der Waals surface area (Å²) in [5, 5.41) is 10.9. The number of carbonyl (C=O) groups is 1. The van der Waals surface area contributed by atoms with Crippen molar-refractivity contribution in [3.8, 4) is 0 Å². The number of amides is 1. The fourth-order valence-electron chi connectivity index (χ4n) is 6.11. The average molecular weight is 595 g/mol. The first kappa shape index (κ1) is 28.9. The van der Waals surface area contributed by atoms with Crippen LogP contribution in [-0.2, 0) is 11.5 Å². The standard InChI is InChI=1S/C32H37Cl2N3O2Si/c1-31(2,3)40(23-12-7-5-8-13-23,24-14-9-6-10-15-24)39-22-32(18-11-19-35-21-32)36-30(38)28-20-25-27(37(28)4)17-16-26(33)29(25)34/h5-10,12-17,20,35H,11,18-19,21-22H2,1-4H3,(H,36,38). The molecule has 1 unspecified atom stereocenters. The predicted octanol–water partition coefficient (Wildman–Crippen LogP) is 5.91. The number of halogens is 2. The number of rotatable bonds is 7. The summed E-state index contributed by atoms with van der Waals surface area (Å²) >= 11 is 12.8. The summed E-state index contributed by atoms with van der Waals surface area (Å²) in [5.74, 6) is -0.152. The molecule has 1 aliphatic rings. The number of hydrogen-bond donors (Lipinski definition) is 2. The van der Waals surface area contributed by atoms with Crippen molar-refractivity contribution in [1.29, 1.82) is 0 Å². The molecule has 5 rings (SSSR count). The van der Waals surface area contributed by atoms with Crippen molar-refractivity contribution >= 4 is 58.7 Å². The number of aromatic nitrogens is 1. The minimum absolute atomic E-state index is 0.152. The Morgan fingerprint density at radius 3 is 2.20 bits per heavy atom. The number of nitrogens with zero attached hydrogens (tertiary/aromatic N) is 1. The van der Waals surface area contributed by atoms with Gasteiger partial charge in [0, 0.05) is 24.5 Å². The summed E-state index contributed by atoms with van der Waals surface area (Å²) in [7, 11) is -0.897. The first-order chi connectivity index (χ1) is 19.1. The summed E-state index contributed by atoms with van der Waals surface area (Å²) in [6.07, 6.45) is 1.77. The maximum absolute atomic E-state index is 13.9. The molecule has 1 atom stereocenters. The molecule has 3 aromatic carbocycles. The summed E-state index contributed by atoms with van der Waals surface area (Å²) in [4.78, 5) is 13.9. The molecule has 0 saturated carbocycles. The molecule has 2 N–H and O–H groups in total. The van der Waals surface area contributed by atoms with Gasteiger partial charge in [-0.25, -0.2) is 0 Å². The highest BCUT2D eigenvalue weighted by Crippen LogP contribution is 2.38. The fraction of sp³-hybridized carbons (Fsp3) is 0.344. The Labute approximate surface area is 248 Å².